The molecule has 0 aliphatic carbocycles. The van der Waals surface area contributed by atoms with Crippen LogP contribution >= 0.6 is 0 Å². The maximum Gasteiger partial charge on any atom is 0.389 e. The van der Waals surface area contributed by atoms with Gasteiger partial charge in [-0.1, -0.05) is 0 Å². The molecule has 1 aliphatic rings. The molecular weight excluding hydrogens is 265 g/mol. The Morgan fingerprint density at radius 1 is 1.16 bits per heavy atom. The first kappa shape index (κ1) is 15.7. The predicted molar refractivity (Wildman–Crippen MR) is 60.1 cm³/mol. The summed E-state index contributed by atoms with van der Waals surface area (Å²) in [6, 6.07) is 0. The van der Waals surface area contributed by atoms with Gasteiger partial charge in [0, 0.05) is 32.6 Å². The van der Waals surface area contributed by atoms with Crippen LogP contribution in [0.3, 0.4) is 0 Å². The van der Waals surface area contributed by atoms with E-state index in [4.69, 9.17) is 5.11 Å². The van der Waals surface area contributed by atoms with E-state index in [1.54, 1.807) is 0 Å². The highest BCUT2D eigenvalue weighted by atomic mass is 19.4. The summed E-state index contributed by atoms with van der Waals surface area (Å²) in [6.45, 7) is 2.23. The fourth-order valence-corrected chi connectivity index (χ4v) is 1.85. The van der Waals surface area contributed by atoms with E-state index in [1.807, 2.05) is 0 Å². The van der Waals surface area contributed by atoms with Crippen molar-refractivity contribution in [2.45, 2.75) is 32.0 Å². The number of hydrogen-bond donors (Lipinski definition) is 1. The molecule has 0 aromatic heterocycles. The highest BCUT2D eigenvalue weighted by molar-refractivity contribution is 5.81. The largest absolute Gasteiger partial charge is 0.389 e. The van der Waals surface area contributed by atoms with Crippen LogP contribution in [0.25, 0.3) is 0 Å². The number of rotatable bonds is 3. The van der Waals surface area contributed by atoms with E-state index in [0.717, 1.165) is 0 Å². The molecule has 0 aromatic rings. The zero-order valence-electron chi connectivity index (χ0n) is 10.6. The fourth-order valence-electron chi connectivity index (χ4n) is 1.85. The normalized spacial score (nSPS) is 18.4. The van der Waals surface area contributed by atoms with Gasteiger partial charge in [0.2, 0.25) is 5.91 Å². The number of alkyl halides is 3. The van der Waals surface area contributed by atoms with E-state index in [0.29, 0.717) is 0 Å². The van der Waals surface area contributed by atoms with Crippen LogP contribution in [0.4, 0.5) is 13.2 Å². The zero-order valence-corrected chi connectivity index (χ0v) is 10.6. The Bertz CT molecular complexity index is 337. The van der Waals surface area contributed by atoms with Gasteiger partial charge in [-0.05, 0) is 6.92 Å². The second kappa shape index (κ2) is 6.23. The number of aliphatic hydroxyl groups is 1. The molecule has 2 amide bonds. The first-order valence-corrected chi connectivity index (χ1v) is 6.02. The Morgan fingerprint density at radius 2 is 1.63 bits per heavy atom. The number of carbonyl (C=O) groups is 2. The SMILES string of the molecule is C[C@@H](O)C(=O)N1CCN(C(=O)CCC(F)(F)F)CC1. The van der Waals surface area contributed by atoms with Gasteiger partial charge >= 0.3 is 6.18 Å². The van der Waals surface area contributed by atoms with E-state index in [1.165, 1.54) is 16.7 Å². The van der Waals surface area contributed by atoms with Crippen LogP contribution in [0.15, 0.2) is 0 Å². The molecule has 1 aliphatic heterocycles. The molecule has 1 rings (SSSR count). The molecule has 1 atom stereocenters. The van der Waals surface area contributed by atoms with Crippen molar-refractivity contribution in [3.8, 4) is 0 Å². The van der Waals surface area contributed by atoms with Gasteiger partial charge in [0.25, 0.3) is 5.91 Å². The predicted octanol–water partition coefficient (Wildman–Crippen LogP) is 0.380. The van der Waals surface area contributed by atoms with E-state index in [-0.39, 0.29) is 26.2 Å². The lowest BCUT2D eigenvalue weighted by molar-refractivity contribution is -0.152. The van der Waals surface area contributed by atoms with Crippen LogP contribution < -0.4 is 0 Å². The molecule has 1 saturated heterocycles. The average Bonchev–Trinajstić information content (AvgIpc) is 2.34. The lowest BCUT2D eigenvalue weighted by Crippen LogP contribution is -2.52. The minimum absolute atomic E-state index is 0.204. The minimum atomic E-state index is -4.33. The van der Waals surface area contributed by atoms with Gasteiger partial charge in [-0.3, -0.25) is 9.59 Å². The maximum atomic E-state index is 12.0. The quantitative estimate of drug-likeness (QED) is 0.814. The van der Waals surface area contributed by atoms with Crippen molar-refractivity contribution in [1.82, 2.24) is 9.80 Å². The summed E-state index contributed by atoms with van der Waals surface area (Å²) in [5, 5.41) is 9.13. The van der Waals surface area contributed by atoms with Crippen LogP contribution in [0.1, 0.15) is 19.8 Å². The average molecular weight is 282 g/mol. The molecule has 5 nitrogen and oxygen atoms in total. The van der Waals surface area contributed by atoms with E-state index >= 15 is 0 Å². The Morgan fingerprint density at radius 3 is 2.05 bits per heavy atom. The third-order valence-corrected chi connectivity index (χ3v) is 2.92. The number of aliphatic hydroxyl groups excluding tert-OH is 1. The molecule has 1 N–H and O–H groups in total. The van der Waals surface area contributed by atoms with Gasteiger partial charge in [-0.25, -0.2) is 0 Å². The van der Waals surface area contributed by atoms with Crippen LogP contribution in [-0.4, -0.2) is 65.2 Å². The van der Waals surface area contributed by atoms with Crippen molar-refractivity contribution >= 4 is 11.8 Å². The van der Waals surface area contributed by atoms with Gasteiger partial charge < -0.3 is 14.9 Å². The summed E-state index contributed by atoms with van der Waals surface area (Å²) in [4.78, 5) is 25.7. The second-order valence-corrected chi connectivity index (χ2v) is 4.50. The minimum Gasteiger partial charge on any atom is -0.384 e. The second-order valence-electron chi connectivity index (χ2n) is 4.50. The van der Waals surface area contributed by atoms with Gasteiger partial charge in [0.05, 0.1) is 6.42 Å². The molecule has 0 aromatic carbocycles. The number of amides is 2. The molecule has 8 heteroatoms. The molecule has 19 heavy (non-hydrogen) atoms. The standard InChI is InChI=1S/C11H17F3N2O3/c1-8(17)10(19)16-6-4-15(5-7-16)9(18)2-3-11(12,13)14/h8,17H,2-7H2,1H3/t8-/m1/s1. The van der Waals surface area contributed by atoms with Crippen molar-refractivity contribution < 1.29 is 27.9 Å². The van der Waals surface area contributed by atoms with Crippen LogP contribution in [0.5, 0.6) is 0 Å². The van der Waals surface area contributed by atoms with Crippen molar-refractivity contribution in [2.24, 2.45) is 0 Å². The van der Waals surface area contributed by atoms with Crippen LogP contribution in [0.2, 0.25) is 0 Å². The molecule has 0 unspecified atom stereocenters. The molecule has 1 heterocycles. The molecule has 1 fully saturated rings. The van der Waals surface area contributed by atoms with Crippen molar-refractivity contribution in [2.75, 3.05) is 26.2 Å². The summed E-state index contributed by atoms with van der Waals surface area (Å²) in [5.74, 6) is -0.983. The molecule has 0 radical (unpaired) electrons. The van der Waals surface area contributed by atoms with E-state index in [2.05, 4.69) is 0 Å². The molecule has 110 valence electrons. The van der Waals surface area contributed by atoms with Crippen LogP contribution in [-0.2, 0) is 9.59 Å². The smallest absolute Gasteiger partial charge is 0.384 e. The topological polar surface area (TPSA) is 60.9 Å². The number of piperazine rings is 1. The van der Waals surface area contributed by atoms with Crippen LogP contribution in [0, 0.1) is 0 Å². The molecular formula is C11H17F3N2O3. The fraction of sp³-hybridized carbons (Fsp3) is 0.818. The lowest BCUT2D eigenvalue weighted by Gasteiger charge is -2.35. The molecule has 0 spiro atoms. The Hall–Kier alpha value is -1.31. The van der Waals surface area contributed by atoms with Crippen molar-refractivity contribution in [1.29, 1.82) is 0 Å². The van der Waals surface area contributed by atoms with Gasteiger partial charge in [0.15, 0.2) is 0 Å². The van der Waals surface area contributed by atoms with E-state index < -0.39 is 36.9 Å². The highest BCUT2D eigenvalue weighted by Gasteiger charge is 2.31. The van der Waals surface area contributed by atoms with E-state index in [9.17, 15) is 22.8 Å². The third kappa shape index (κ3) is 5.06. The first-order chi connectivity index (χ1) is 8.70. The summed E-state index contributed by atoms with van der Waals surface area (Å²) >= 11 is 0. The van der Waals surface area contributed by atoms with Gasteiger partial charge in [0.1, 0.15) is 6.10 Å². The first-order valence-electron chi connectivity index (χ1n) is 6.02. The molecule has 0 bridgehead atoms. The van der Waals surface area contributed by atoms with Gasteiger partial charge in [-0.2, -0.15) is 13.2 Å². The summed E-state index contributed by atoms with van der Waals surface area (Å²) in [7, 11) is 0. The summed E-state index contributed by atoms with van der Waals surface area (Å²) in [6.07, 6.45) is -7.13. The third-order valence-electron chi connectivity index (χ3n) is 2.92. The Balaban J connectivity index is 2.37. The van der Waals surface area contributed by atoms with Crippen molar-refractivity contribution in [3.63, 3.8) is 0 Å². The Kier molecular flexibility index (Phi) is 5.16. The monoisotopic (exact) mass is 282 g/mol. The lowest BCUT2D eigenvalue weighted by atomic mass is 10.2. The van der Waals surface area contributed by atoms with Crippen molar-refractivity contribution in [3.05, 3.63) is 0 Å². The molecule has 0 saturated carbocycles. The number of nitrogens with zero attached hydrogens (tertiary/aromatic N) is 2. The number of hydrogen-bond acceptors (Lipinski definition) is 3. The number of halogens is 3. The van der Waals surface area contributed by atoms with Gasteiger partial charge in [-0.15, -0.1) is 0 Å². The number of carbonyl (C=O) groups excluding carboxylic acids is 2. The summed E-state index contributed by atoms with van der Waals surface area (Å²) in [5.41, 5.74) is 0. The summed E-state index contributed by atoms with van der Waals surface area (Å²) < 4.78 is 36.0. The highest BCUT2D eigenvalue weighted by Crippen LogP contribution is 2.22. The maximum absolute atomic E-state index is 12.0. The Labute approximate surface area is 109 Å². The zero-order chi connectivity index (χ0) is 14.6.